The molecule has 0 amide bonds. The first kappa shape index (κ1) is 13.5. The van der Waals surface area contributed by atoms with Crippen molar-refractivity contribution < 1.29 is 0 Å². The van der Waals surface area contributed by atoms with Crippen LogP contribution in [0.4, 0.5) is 5.13 Å². The molecule has 2 aromatic rings. The molecule has 0 radical (unpaired) electrons. The van der Waals surface area contributed by atoms with Crippen molar-refractivity contribution in [2.24, 2.45) is 0 Å². The predicted molar refractivity (Wildman–Crippen MR) is 78.3 cm³/mol. The van der Waals surface area contributed by atoms with Gasteiger partial charge in [0.2, 0.25) is 0 Å². The second-order valence-corrected chi connectivity index (χ2v) is 6.29. The van der Waals surface area contributed by atoms with E-state index >= 15 is 0 Å². The summed E-state index contributed by atoms with van der Waals surface area (Å²) in [6.07, 6.45) is 1.95. The molecule has 18 heavy (non-hydrogen) atoms. The number of thiazole rings is 2. The highest BCUT2D eigenvalue weighted by molar-refractivity contribution is 7.15. The Bertz CT molecular complexity index is 464. The average molecular weight is 282 g/mol. The minimum Gasteiger partial charge on any atom is -0.345 e. The lowest BCUT2D eigenvalue weighted by Crippen LogP contribution is -2.21. The van der Waals surface area contributed by atoms with Crippen LogP contribution in [0.15, 0.2) is 17.1 Å². The summed E-state index contributed by atoms with van der Waals surface area (Å²) in [5.74, 6) is 0. The van der Waals surface area contributed by atoms with Crippen LogP contribution in [0.3, 0.4) is 0 Å². The van der Waals surface area contributed by atoms with Crippen LogP contribution >= 0.6 is 22.7 Å². The van der Waals surface area contributed by atoms with E-state index in [1.54, 1.807) is 22.7 Å². The molecule has 0 saturated heterocycles. The lowest BCUT2D eigenvalue weighted by molar-refractivity contribution is 0.593. The van der Waals surface area contributed by atoms with Crippen molar-refractivity contribution in [3.05, 3.63) is 27.7 Å². The van der Waals surface area contributed by atoms with Crippen LogP contribution in [0.1, 0.15) is 24.4 Å². The largest absolute Gasteiger partial charge is 0.345 e. The Labute approximate surface area is 116 Å². The van der Waals surface area contributed by atoms with E-state index in [0.717, 1.165) is 23.9 Å². The van der Waals surface area contributed by atoms with Crippen molar-refractivity contribution in [2.45, 2.75) is 33.0 Å². The van der Waals surface area contributed by atoms with Crippen molar-refractivity contribution in [2.75, 3.05) is 11.9 Å². The number of aromatic nitrogens is 2. The summed E-state index contributed by atoms with van der Waals surface area (Å²) in [6.45, 7) is 6.00. The second-order valence-electron chi connectivity index (χ2n) is 4.48. The first-order valence-electron chi connectivity index (χ1n) is 5.91. The normalized spacial score (nSPS) is 11.1. The summed E-state index contributed by atoms with van der Waals surface area (Å²) < 4.78 is 0. The van der Waals surface area contributed by atoms with E-state index in [0.29, 0.717) is 6.04 Å². The minimum atomic E-state index is 0.503. The SMILES string of the molecule is CC(C)NCc1cnc(N(C)Cc2cscn2)s1. The third-order valence-electron chi connectivity index (χ3n) is 2.44. The molecule has 0 aliphatic carbocycles. The Morgan fingerprint density at radius 1 is 1.39 bits per heavy atom. The van der Waals surface area contributed by atoms with Gasteiger partial charge in [0.05, 0.1) is 17.7 Å². The van der Waals surface area contributed by atoms with E-state index < -0.39 is 0 Å². The third kappa shape index (κ3) is 3.76. The summed E-state index contributed by atoms with van der Waals surface area (Å²) >= 11 is 3.36. The first-order chi connectivity index (χ1) is 8.65. The molecule has 0 bridgehead atoms. The van der Waals surface area contributed by atoms with Gasteiger partial charge in [0.25, 0.3) is 0 Å². The van der Waals surface area contributed by atoms with Crippen molar-refractivity contribution in [3.63, 3.8) is 0 Å². The van der Waals surface area contributed by atoms with Gasteiger partial charge in [-0.2, -0.15) is 0 Å². The van der Waals surface area contributed by atoms with Crippen molar-refractivity contribution in [1.29, 1.82) is 0 Å². The van der Waals surface area contributed by atoms with E-state index in [4.69, 9.17) is 0 Å². The molecule has 0 aliphatic rings. The molecule has 98 valence electrons. The monoisotopic (exact) mass is 282 g/mol. The highest BCUT2D eigenvalue weighted by atomic mass is 32.1. The van der Waals surface area contributed by atoms with Crippen LogP contribution in [0.5, 0.6) is 0 Å². The maximum absolute atomic E-state index is 4.45. The second kappa shape index (κ2) is 6.26. The summed E-state index contributed by atoms with van der Waals surface area (Å²) in [4.78, 5) is 12.1. The minimum absolute atomic E-state index is 0.503. The standard InChI is InChI=1S/C12H18N4S2/c1-9(2)13-4-11-5-14-12(18-11)16(3)6-10-7-17-8-15-10/h5,7-9,13H,4,6H2,1-3H3. The van der Waals surface area contributed by atoms with Crippen LogP contribution in [-0.4, -0.2) is 23.1 Å². The molecule has 0 atom stereocenters. The molecule has 0 fully saturated rings. The van der Waals surface area contributed by atoms with Crippen LogP contribution in [0.2, 0.25) is 0 Å². The molecule has 0 spiro atoms. The molecular formula is C12H18N4S2. The van der Waals surface area contributed by atoms with Gasteiger partial charge in [-0.05, 0) is 0 Å². The summed E-state index contributed by atoms with van der Waals surface area (Å²) in [6, 6.07) is 0.503. The van der Waals surface area contributed by atoms with Crippen molar-refractivity contribution >= 4 is 27.8 Å². The molecule has 2 heterocycles. The Hall–Kier alpha value is -0.980. The Balaban J connectivity index is 1.92. The van der Waals surface area contributed by atoms with E-state index in [1.807, 2.05) is 11.7 Å². The Morgan fingerprint density at radius 2 is 2.22 bits per heavy atom. The summed E-state index contributed by atoms with van der Waals surface area (Å²) in [5, 5.41) is 6.52. The van der Waals surface area contributed by atoms with Crippen LogP contribution in [0.25, 0.3) is 0 Å². The van der Waals surface area contributed by atoms with Crippen LogP contribution in [-0.2, 0) is 13.1 Å². The van der Waals surface area contributed by atoms with E-state index in [1.165, 1.54) is 4.88 Å². The molecule has 2 rings (SSSR count). The summed E-state index contributed by atoms with van der Waals surface area (Å²) in [5.41, 5.74) is 2.96. The van der Waals surface area contributed by atoms with Gasteiger partial charge in [-0.15, -0.1) is 22.7 Å². The average Bonchev–Trinajstić information content (AvgIpc) is 2.96. The molecule has 2 aromatic heterocycles. The van der Waals surface area contributed by atoms with Gasteiger partial charge in [-0.3, -0.25) is 0 Å². The molecule has 6 heteroatoms. The number of rotatable bonds is 6. The van der Waals surface area contributed by atoms with Crippen molar-refractivity contribution in [3.8, 4) is 0 Å². The van der Waals surface area contributed by atoms with Gasteiger partial charge >= 0.3 is 0 Å². The number of anilines is 1. The molecular weight excluding hydrogens is 264 g/mol. The number of hydrogen-bond acceptors (Lipinski definition) is 6. The van der Waals surface area contributed by atoms with E-state index in [-0.39, 0.29) is 0 Å². The highest BCUT2D eigenvalue weighted by Gasteiger charge is 2.08. The number of hydrogen-bond donors (Lipinski definition) is 1. The molecule has 0 aromatic carbocycles. The molecule has 0 unspecified atom stereocenters. The lowest BCUT2D eigenvalue weighted by Gasteiger charge is -2.13. The van der Waals surface area contributed by atoms with Gasteiger partial charge in [0.15, 0.2) is 5.13 Å². The van der Waals surface area contributed by atoms with Gasteiger partial charge in [-0.25, -0.2) is 9.97 Å². The first-order valence-corrected chi connectivity index (χ1v) is 7.67. The van der Waals surface area contributed by atoms with Gasteiger partial charge < -0.3 is 10.2 Å². The zero-order valence-corrected chi connectivity index (χ0v) is 12.5. The third-order valence-corrected chi connectivity index (χ3v) is 4.18. The zero-order chi connectivity index (χ0) is 13.0. The topological polar surface area (TPSA) is 41.1 Å². The van der Waals surface area contributed by atoms with Gasteiger partial charge in [0, 0.05) is 36.1 Å². The quantitative estimate of drug-likeness (QED) is 0.884. The Morgan fingerprint density at radius 3 is 2.89 bits per heavy atom. The fraction of sp³-hybridized carbons (Fsp3) is 0.500. The fourth-order valence-electron chi connectivity index (χ4n) is 1.49. The van der Waals surface area contributed by atoms with E-state index in [2.05, 4.69) is 46.5 Å². The van der Waals surface area contributed by atoms with Crippen LogP contribution < -0.4 is 10.2 Å². The van der Waals surface area contributed by atoms with Gasteiger partial charge in [-0.1, -0.05) is 13.8 Å². The molecule has 4 nitrogen and oxygen atoms in total. The lowest BCUT2D eigenvalue weighted by atomic mass is 10.4. The smallest absolute Gasteiger partial charge is 0.185 e. The number of nitrogens with zero attached hydrogens (tertiary/aromatic N) is 3. The Kier molecular flexibility index (Phi) is 4.68. The van der Waals surface area contributed by atoms with Crippen molar-refractivity contribution in [1.82, 2.24) is 15.3 Å². The molecule has 1 N–H and O–H groups in total. The molecule has 0 saturated carbocycles. The van der Waals surface area contributed by atoms with Crippen LogP contribution in [0, 0.1) is 0 Å². The predicted octanol–water partition coefficient (Wildman–Crippen LogP) is 2.73. The zero-order valence-electron chi connectivity index (χ0n) is 10.9. The van der Waals surface area contributed by atoms with Gasteiger partial charge in [0.1, 0.15) is 0 Å². The number of nitrogens with one attached hydrogen (secondary N) is 1. The maximum atomic E-state index is 4.45. The maximum Gasteiger partial charge on any atom is 0.185 e. The van der Waals surface area contributed by atoms with E-state index in [9.17, 15) is 0 Å². The fourth-order valence-corrected chi connectivity index (χ4v) is 2.86. The summed E-state index contributed by atoms with van der Waals surface area (Å²) in [7, 11) is 2.05. The molecule has 0 aliphatic heterocycles. The highest BCUT2D eigenvalue weighted by Crippen LogP contribution is 2.22.